The lowest BCUT2D eigenvalue weighted by Gasteiger charge is -2.45. The first-order valence-corrected chi connectivity index (χ1v) is 9.07. The van der Waals surface area contributed by atoms with Gasteiger partial charge in [0.25, 0.3) is 0 Å². The van der Waals surface area contributed by atoms with E-state index in [9.17, 15) is 0 Å². The summed E-state index contributed by atoms with van der Waals surface area (Å²) < 4.78 is 6.16. The van der Waals surface area contributed by atoms with E-state index < -0.39 is 0 Å². The van der Waals surface area contributed by atoms with Crippen LogP contribution in [0.5, 0.6) is 0 Å². The summed E-state index contributed by atoms with van der Waals surface area (Å²) >= 11 is 2.08. The molecule has 3 nitrogen and oxygen atoms in total. The summed E-state index contributed by atoms with van der Waals surface area (Å²) in [4.78, 5) is 2.78. The van der Waals surface area contributed by atoms with E-state index in [0.29, 0.717) is 0 Å². The average Bonchev–Trinajstić information content (AvgIpc) is 2.87. The fourth-order valence-corrected chi connectivity index (χ4v) is 5.44. The Balaban J connectivity index is 1.58. The summed E-state index contributed by atoms with van der Waals surface area (Å²) in [7, 11) is 2.08. The molecule has 0 bridgehead atoms. The van der Waals surface area contributed by atoms with Gasteiger partial charge in [-0.05, 0) is 63.9 Å². The number of thioether (sulfide) groups is 1. The molecule has 19 heavy (non-hydrogen) atoms. The summed E-state index contributed by atoms with van der Waals surface area (Å²) in [5, 5.41) is 3.35. The van der Waals surface area contributed by atoms with Crippen LogP contribution in [0.4, 0.5) is 0 Å². The van der Waals surface area contributed by atoms with Gasteiger partial charge >= 0.3 is 0 Å². The van der Waals surface area contributed by atoms with E-state index in [0.717, 1.165) is 18.6 Å². The van der Waals surface area contributed by atoms with Crippen molar-refractivity contribution in [1.82, 2.24) is 10.2 Å². The van der Waals surface area contributed by atoms with Crippen molar-refractivity contribution < 1.29 is 4.74 Å². The normalized spacial score (nSPS) is 40.9. The second-order valence-corrected chi connectivity index (χ2v) is 7.65. The molecule has 3 aliphatic heterocycles. The third-order valence-electron chi connectivity index (χ3n) is 5.09. The summed E-state index contributed by atoms with van der Waals surface area (Å²) in [6, 6.07) is 0.784. The van der Waals surface area contributed by atoms with Crippen LogP contribution in [0.15, 0.2) is 0 Å². The van der Waals surface area contributed by atoms with Crippen molar-refractivity contribution in [3.63, 3.8) is 0 Å². The molecular formula is C15H28N2OS. The fraction of sp³-hybridized carbons (Fsp3) is 1.00. The maximum Gasteiger partial charge on any atom is 0.0795 e. The molecule has 3 unspecified atom stereocenters. The maximum absolute atomic E-state index is 6.16. The van der Waals surface area contributed by atoms with Gasteiger partial charge in [0.05, 0.1) is 5.60 Å². The number of rotatable bonds is 3. The van der Waals surface area contributed by atoms with Crippen molar-refractivity contribution in [3.05, 3.63) is 0 Å². The number of hydrogen-bond acceptors (Lipinski definition) is 4. The highest BCUT2D eigenvalue weighted by Crippen LogP contribution is 2.40. The zero-order chi connectivity index (χ0) is 13.1. The standard InChI is InChI=1S/C15H28N2OS/c1-16-10-13-3-2-6-17(11-13)14-4-7-18-15(9-14)5-8-19-12-15/h13-14,16H,2-12H2,1H3. The molecule has 3 fully saturated rings. The SMILES string of the molecule is CNCC1CCCN(C2CCOC3(CCSC3)C2)C1. The Labute approximate surface area is 121 Å². The lowest BCUT2D eigenvalue weighted by Crippen LogP contribution is -2.52. The minimum Gasteiger partial charge on any atom is -0.374 e. The van der Waals surface area contributed by atoms with Crippen LogP contribution < -0.4 is 5.32 Å². The largest absolute Gasteiger partial charge is 0.374 e. The van der Waals surface area contributed by atoms with E-state index in [-0.39, 0.29) is 5.60 Å². The molecule has 0 radical (unpaired) electrons. The highest BCUT2D eigenvalue weighted by molar-refractivity contribution is 7.99. The number of likely N-dealkylation sites (tertiary alicyclic amines) is 1. The van der Waals surface area contributed by atoms with E-state index in [1.807, 2.05) is 0 Å². The Morgan fingerprint density at radius 3 is 3.16 bits per heavy atom. The lowest BCUT2D eigenvalue weighted by atomic mass is 9.87. The van der Waals surface area contributed by atoms with Gasteiger partial charge in [0, 0.05) is 24.9 Å². The Hall–Kier alpha value is 0.230. The minimum atomic E-state index is 0.240. The van der Waals surface area contributed by atoms with Crippen molar-refractivity contribution in [3.8, 4) is 0 Å². The van der Waals surface area contributed by atoms with Gasteiger partial charge in [0.1, 0.15) is 0 Å². The van der Waals surface area contributed by atoms with Gasteiger partial charge in [-0.25, -0.2) is 0 Å². The van der Waals surface area contributed by atoms with Gasteiger partial charge < -0.3 is 10.1 Å². The van der Waals surface area contributed by atoms with Crippen molar-refractivity contribution in [2.45, 2.75) is 43.7 Å². The molecule has 1 N–H and O–H groups in total. The molecule has 3 heterocycles. The van der Waals surface area contributed by atoms with Gasteiger partial charge in [-0.1, -0.05) is 0 Å². The third-order valence-corrected chi connectivity index (χ3v) is 6.32. The molecule has 1 spiro atoms. The second-order valence-electron chi connectivity index (χ2n) is 6.54. The van der Waals surface area contributed by atoms with Gasteiger partial charge in [-0.15, -0.1) is 0 Å². The van der Waals surface area contributed by atoms with Crippen molar-refractivity contribution in [2.75, 3.05) is 44.8 Å². The molecule has 110 valence electrons. The van der Waals surface area contributed by atoms with Gasteiger partial charge in [-0.3, -0.25) is 4.90 Å². The first-order chi connectivity index (χ1) is 9.31. The average molecular weight is 284 g/mol. The summed E-state index contributed by atoms with van der Waals surface area (Å²) in [6.07, 6.45) is 6.60. The van der Waals surface area contributed by atoms with Crippen LogP contribution in [0.1, 0.15) is 32.1 Å². The van der Waals surface area contributed by atoms with Crippen LogP contribution in [0.3, 0.4) is 0 Å². The summed E-state index contributed by atoms with van der Waals surface area (Å²) in [6.45, 7) is 4.78. The molecule has 0 aromatic heterocycles. The van der Waals surface area contributed by atoms with Crippen LogP contribution in [0, 0.1) is 5.92 Å². The molecule has 0 aliphatic carbocycles. The number of hydrogen-bond donors (Lipinski definition) is 1. The Kier molecular flexibility index (Phi) is 4.73. The van der Waals surface area contributed by atoms with Crippen LogP contribution in [-0.2, 0) is 4.74 Å². The lowest BCUT2D eigenvalue weighted by molar-refractivity contribution is -0.0938. The summed E-state index contributed by atoms with van der Waals surface area (Å²) in [5.41, 5.74) is 0.240. The molecule has 0 aromatic rings. The number of ether oxygens (including phenoxy) is 1. The topological polar surface area (TPSA) is 24.5 Å². The zero-order valence-electron chi connectivity index (χ0n) is 12.2. The molecule has 4 heteroatoms. The second kappa shape index (κ2) is 6.33. The minimum absolute atomic E-state index is 0.240. The highest BCUT2D eigenvalue weighted by atomic mass is 32.2. The van der Waals surface area contributed by atoms with Crippen molar-refractivity contribution in [1.29, 1.82) is 0 Å². The third kappa shape index (κ3) is 3.29. The van der Waals surface area contributed by atoms with Crippen LogP contribution in [-0.4, -0.2) is 61.3 Å². The molecule has 0 saturated carbocycles. The van der Waals surface area contributed by atoms with Gasteiger partial charge in [0.15, 0.2) is 0 Å². The smallest absolute Gasteiger partial charge is 0.0795 e. The molecule has 3 aliphatic rings. The molecular weight excluding hydrogens is 256 g/mol. The number of nitrogens with zero attached hydrogens (tertiary/aromatic N) is 1. The Bertz CT molecular complexity index is 292. The highest BCUT2D eigenvalue weighted by Gasteiger charge is 2.42. The van der Waals surface area contributed by atoms with E-state index in [1.165, 1.54) is 63.2 Å². The monoisotopic (exact) mass is 284 g/mol. The molecule has 3 saturated heterocycles. The zero-order valence-corrected chi connectivity index (χ0v) is 13.0. The fourth-order valence-electron chi connectivity index (χ4n) is 4.06. The van der Waals surface area contributed by atoms with Crippen LogP contribution in [0.25, 0.3) is 0 Å². The molecule has 3 rings (SSSR count). The van der Waals surface area contributed by atoms with Crippen molar-refractivity contribution in [2.24, 2.45) is 5.92 Å². The first-order valence-electron chi connectivity index (χ1n) is 7.92. The van der Waals surface area contributed by atoms with E-state index in [4.69, 9.17) is 4.74 Å². The van der Waals surface area contributed by atoms with Crippen LogP contribution >= 0.6 is 11.8 Å². The number of nitrogens with one attached hydrogen (secondary N) is 1. The summed E-state index contributed by atoms with van der Waals surface area (Å²) in [5.74, 6) is 3.39. The predicted octanol–water partition coefficient (Wildman–Crippen LogP) is 1.97. The van der Waals surface area contributed by atoms with Gasteiger partial charge in [0.2, 0.25) is 0 Å². The Morgan fingerprint density at radius 2 is 2.37 bits per heavy atom. The molecule has 0 amide bonds. The maximum atomic E-state index is 6.16. The quantitative estimate of drug-likeness (QED) is 0.856. The van der Waals surface area contributed by atoms with E-state index >= 15 is 0 Å². The molecule has 3 atom stereocenters. The van der Waals surface area contributed by atoms with Crippen molar-refractivity contribution >= 4 is 11.8 Å². The molecule has 0 aromatic carbocycles. The van der Waals surface area contributed by atoms with Crippen LogP contribution in [0.2, 0.25) is 0 Å². The van der Waals surface area contributed by atoms with Gasteiger partial charge in [-0.2, -0.15) is 11.8 Å². The Morgan fingerprint density at radius 1 is 1.42 bits per heavy atom. The van der Waals surface area contributed by atoms with E-state index in [1.54, 1.807) is 0 Å². The first kappa shape index (κ1) is 14.2. The predicted molar refractivity (Wildman–Crippen MR) is 81.9 cm³/mol. The van der Waals surface area contributed by atoms with E-state index in [2.05, 4.69) is 29.0 Å². The number of piperidine rings is 1.